The molecule has 0 bridgehead atoms. The number of likely N-dealkylation sites (N-methyl/N-ethyl adjacent to an activating group) is 1. The summed E-state index contributed by atoms with van der Waals surface area (Å²) < 4.78 is 0. The zero-order valence-corrected chi connectivity index (χ0v) is 8.00. The van der Waals surface area contributed by atoms with Crippen LogP contribution in [0.25, 0.3) is 0 Å². The summed E-state index contributed by atoms with van der Waals surface area (Å²) in [6, 6.07) is 0. The normalized spacial score (nSPS) is 7.70. The number of hydrogen-bond donors (Lipinski definition) is 3. The van der Waals surface area contributed by atoms with Crippen LogP contribution in [0.15, 0.2) is 0 Å². The minimum Gasteiger partial charge on any atom is -0.480 e. The fourth-order valence-corrected chi connectivity index (χ4v) is 0.288. The van der Waals surface area contributed by atoms with Gasteiger partial charge in [0.05, 0.1) is 0 Å². The molecule has 4 N–H and O–H groups in total. The van der Waals surface area contributed by atoms with Crippen LogP contribution in [0.2, 0.25) is 0 Å². The number of nitrogens with two attached hydrogens (primary N) is 1. The monoisotopic (exact) mass is 171 g/mol. The van der Waals surface area contributed by atoms with E-state index in [1.165, 1.54) is 7.05 Å². The van der Waals surface area contributed by atoms with Crippen molar-refractivity contribution in [3.05, 3.63) is 0 Å². The van der Waals surface area contributed by atoms with Crippen LogP contribution in [-0.2, 0) is 4.79 Å². The largest absolute Gasteiger partial charge is 0.480 e. The van der Waals surface area contributed by atoms with E-state index >= 15 is 0 Å². The maximum absolute atomic E-state index is 9.92. The Labute approximate surface area is 88.7 Å². The van der Waals surface area contributed by atoms with Gasteiger partial charge in [-0.3, -0.25) is 10.2 Å². The summed E-state index contributed by atoms with van der Waals surface area (Å²) in [4.78, 5) is 11.0. The molecule has 54 valence electrons. The van der Waals surface area contributed by atoms with E-state index < -0.39 is 5.97 Å². The molecule has 0 saturated carbocycles. The molecule has 0 saturated heterocycles. The van der Waals surface area contributed by atoms with Gasteiger partial charge in [-0.2, -0.15) is 0 Å². The van der Waals surface area contributed by atoms with E-state index in [4.69, 9.17) is 16.2 Å². The number of carboxylic acids is 1. The second-order valence-corrected chi connectivity index (χ2v) is 1.64. The Morgan fingerprint density at radius 1 is 1.80 bits per heavy atom. The summed E-state index contributed by atoms with van der Waals surface area (Å²) in [5.41, 5.74) is 4.93. The maximum atomic E-state index is 9.92. The third kappa shape index (κ3) is 6.12. The first kappa shape index (κ1) is 12.7. The zero-order chi connectivity index (χ0) is 7.44. The Hall–Kier alpha value is -0.000260. The van der Waals surface area contributed by atoms with Crippen LogP contribution in [0.5, 0.6) is 0 Å². The summed E-state index contributed by atoms with van der Waals surface area (Å²) in [5.74, 6) is -1.23. The van der Waals surface area contributed by atoms with E-state index in [2.05, 4.69) is 0 Å². The Kier molecular flexibility index (Phi) is 7.29. The van der Waals surface area contributed by atoms with Gasteiger partial charge in [-0.15, -0.1) is 0 Å². The molecule has 0 rings (SSSR count). The molecular weight excluding hydrogens is 162 g/mol. The summed E-state index contributed by atoms with van der Waals surface area (Å²) in [5, 5.41) is 14.9. The third-order valence-electron chi connectivity index (χ3n) is 0.784. The van der Waals surface area contributed by atoms with Crippen LogP contribution in [-0.4, -0.2) is 73.3 Å². The van der Waals surface area contributed by atoms with Crippen molar-refractivity contribution in [3.63, 3.8) is 0 Å². The van der Waals surface area contributed by atoms with Crippen molar-refractivity contribution in [1.82, 2.24) is 4.90 Å². The average Bonchev–Trinajstić information content (AvgIpc) is 1.63. The van der Waals surface area contributed by atoms with Gasteiger partial charge in [-0.05, 0) is 0 Å². The minimum absolute atomic E-state index is 0. The molecule has 6 heteroatoms. The number of guanidine groups is 1. The molecule has 0 aromatic heterocycles. The van der Waals surface area contributed by atoms with Crippen molar-refractivity contribution in [1.29, 1.82) is 5.41 Å². The SMILES string of the molecule is CN(CC(=O)O)C(=N)N.[Ca]. The van der Waals surface area contributed by atoms with E-state index in [9.17, 15) is 4.79 Å². The summed E-state index contributed by atoms with van der Waals surface area (Å²) in [6.45, 7) is -0.227. The van der Waals surface area contributed by atoms with Gasteiger partial charge in [0.1, 0.15) is 6.54 Å². The van der Waals surface area contributed by atoms with Crippen LogP contribution in [0, 0.1) is 5.41 Å². The molecule has 0 spiro atoms. The van der Waals surface area contributed by atoms with E-state index in [0.717, 1.165) is 4.90 Å². The van der Waals surface area contributed by atoms with Crippen molar-refractivity contribution in [2.75, 3.05) is 13.6 Å². The van der Waals surface area contributed by atoms with Gasteiger partial charge in [0.2, 0.25) is 0 Å². The molecule has 10 heavy (non-hydrogen) atoms. The molecule has 0 atom stereocenters. The first-order valence-electron chi connectivity index (χ1n) is 2.31. The minimum atomic E-state index is -0.993. The van der Waals surface area contributed by atoms with E-state index in [-0.39, 0.29) is 50.2 Å². The maximum Gasteiger partial charge on any atom is 0.323 e. The van der Waals surface area contributed by atoms with Gasteiger partial charge >= 0.3 is 5.97 Å². The van der Waals surface area contributed by atoms with Crippen molar-refractivity contribution in [2.24, 2.45) is 5.73 Å². The molecule has 0 aliphatic carbocycles. The molecule has 5 nitrogen and oxygen atoms in total. The molecule has 0 aromatic carbocycles. The first-order valence-corrected chi connectivity index (χ1v) is 2.31. The predicted octanol–water partition coefficient (Wildman–Crippen LogP) is -1.48. The van der Waals surface area contributed by atoms with Crippen molar-refractivity contribution in [2.45, 2.75) is 0 Å². The van der Waals surface area contributed by atoms with Crippen LogP contribution in [0.4, 0.5) is 0 Å². The first-order chi connectivity index (χ1) is 4.04. The average molecular weight is 171 g/mol. The molecule has 2 radical (unpaired) electrons. The number of rotatable bonds is 2. The Morgan fingerprint density at radius 2 is 2.20 bits per heavy atom. The predicted molar refractivity (Wildman–Crippen MR) is 37.9 cm³/mol. The van der Waals surface area contributed by atoms with Crippen LogP contribution in [0.1, 0.15) is 0 Å². The smallest absolute Gasteiger partial charge is 0.323 e. The van der Waals surface area contributed by atoms with Gasteiger partial charge in [-0.25, -0.2) is 0 Å². The fraction of sp³-hybridized carbons (Fsp3) is 0.500. The summed E-state index contributed by atoms with van der Waals surface area (Å²) in [6.07, 6.45) is 0. The van der Waals surface area contributed by atoms with Gasteiger partial charge in [0.25, 0.3) is 0 Å². The van der Waals surface area contributed by atoms with Gasteiger partial charge in [-0.1, -0.05) is 0 Å². The van der Waals surface area contributed by atoms with Crippen LogP contribution >= 0.6 is 0 Å². The van der Waals surface area contributed by atoms with E-state index in [1.54, 1.807) is 0 Å². The zero-order valence-electron chi connectivity index (χ0n) is 5.79. The number of nitrogens with one attached hydrogen (secondary N) is 1. The van der Waals surface area contributed by atoms with Crippen molar-refractivity contribution < 1.29 is 9.90 Å². The standard InChI is InChI=1S/C4H9N3O2.Ca/c1-7(4(5)6)2-3(8)9;/h2H2,1H3,(H3,5,6)(H,8,9);. The Morgan fingerprint density at radius 3 is 2.30 bits per heavy atom. The molecule has 0 heterocycles. The topological polar surface area (TPSA) is 90.4 Å². The molecule has 0 fully saturated rings. The van der Waals surface area contributed by atoms with Crippen molar-refractivity contribution in [3.8, 4) is 0 Å². The molecule has 0 amide bonds. The second kappa shape index (κ2) is 5.76. The van der Waals surface area contributed by atoms with Crippen molar-refractivity contribution >= 4 is 49.7 Å². The van der Waals surface area contributed by atoms with Crippen LogP contribution in [0.3, 0.4) is 0 Å². The fourth-order valence-electron chi connectivity index (χ4n) is 0.288. The molecule has 0 aliphatic rings. The third-order valence-corrected chi connectivity index (χ3v) is 0.784. The van der Waals surface area contributed by atoms with Gasteiger partial charge in [0.15, 0.2) is 5.96 Å². The number of aliphatic carboxylic acids is 1. The number of carbonyl (C=O) groups is 1. The van der Waals surface area contributed by atoms with Gasteiger partial charge < -0.3 is 15.7 Å². The van der Waals surface area contributed by atoms with E-state index in [1.807, 2.05) is 0 Å². The summed E-state index contributed by atoms with van der Waals surface area (Å²) >= 11 is 0. The molecule has 0 unspecified atom stereocenters. The quantitative estimate of drug-likeness (QED) is 0.268. The van der Waals surface area contributed by atoms with Crippen LogP contribution < -0.4 is 5.73 Å². The molecule has 0 aliphatic heterocycles. The Bertz CT molecular complexity index is 138. The number of hydrogen-bond acceptors (Lipinski definition) is 2. The molecular formula is C4H9CaN3O2. The second-order valence-electron chi connectivity index (χ2n) is 1.64. The van der Waals surface area contributed by atoms with E-state index in [0.29, 0.717) is 0 Å². The Balaban J connectivity index is 0. The summed E-state index contributed by atoms with van der Waals surface area (Å²) in [7, 11) is 1.44. The molecule has 0 aromatic rings. The number of nitrogens with zero attached hydrogens (tertiary/aromatic N) is 1. The number of carboxylic acid groups (broad SMARTS) is 1. The van der Waals surface area contributed by atoms with Gasteiger partial charge in [0, 0.05) is 44.8 Å².